The van der Waals surface area contributed by atoms with E-state index in [-0.39, 0.29) is 23.9 Å². The second kappa shape index (κ2) is 6.35. The number of carbonyl (C=O) groups is 2. The Morgan fingerprint density at radius 1 is 1.00 bits per heavy atom. The molecular weight excluding hydrogens is 299 g/mol. The lowest BCUT2D eigenvalue weighted by Crippen LogP contribution is -2.51. The van der Waals surface area contributed by atoms with Crippen LogP contribution in [0.2, 0.25) is 0 Å². The number of nitrogens with two attached hydrogens (primary N) is 1. The maximum Gasteiger partial charge on any atom is 0.416 e. The van der Waals surface area contributed by atoms with Crippen LogP contribution in [-0.2, 0) is 11.0 Å². The summed E-state index contributed by atoms with van der Waals surface area (Å²) in [5.74, 6) is -0.518. The first-order valence-electron chi connectivity index (χ1n) is 6.77. The SMILES string of the molecule is NCC(=O)N1CCN(C(=O)c2ccc(C(F)(F)F)cc2)CC1. The molecule has 2 rings (SSSR count). The molecule has 1 aliphatic rings. The quantitative estimate of drug-likeness (QED) is 0.883. The number of rotatable bonds is 2. The molecule has 1 aromatic carbocycles. The minimum Gasteiger partial charge on any atom is -0.338 e. The normalized spacial score (nSPS) is 15.8. The number of alkyl halides is 3. The molecule has 0 atom stereocenters. The van der Waals surface area contributed by atoms with Gasteiger partial charge in [0.25, 0.3) is 5.91 Å². The molecule has 0 unspecified atom stereocenters. The lowest BCUT2D eigenvalue weighted by atomic mass is 10.1. The number of halogens is 3. The van der Waals surface area contributed by atoms with E-state index in [9.17, 15) is 22.8 Å². The first kappa shape index (κ1) is 16.3. The van der Waals surface area contributed by atoms with Gasteiger partial charge in [0.05, 0.1) is 12.1 Å². The number of nitrogens with zero attached hydrogens (tertiary/aromatic N) is 2. The molecule has 1 heterocycles. The minimum atomic E-state index is -4.42. The molecular formula is C14H16F3N3O2. The maximum absolute atomic E-state index is 12.5. The van der Waals surface area contributed by atoms with Gasteiger partial charge in [-0.3, -0.25) is 9.59 Å². The monoisotopic (exact) mass is 315 g/mol. The van der Waals surface area contributed by atoms with Gasteiger partial charge in [-0.05, 0) is 24.3 Å². The van der Waals surface area contributed by atoms with E-state index in [2.05, 4.69) is 0 Å². The van der Waals surface area contributed by atoms with Gasteiger partial charge in [0.2, 0.25) is 5.91 Å². The zero-order valence-corrected chi connectivity index (χ0v) is 11.8. The fourth-order valence-corrected chi connectivity index (χ4v) is 2.27. The number of amides is 2. The van der Waals surface area contributed by atoms with Gasteiger partial charge in [-0.15, -0.1) is 0 Å². The van der Waals surface area contributed by atoms with Gasteiger partial charge in [-0.25, -0.2) is 0 Å². The van der Waals surface area contributed by atoms with Gasteiger partial charge in [-0.2, -0.15) is 13.2 Å². The minimum absolute atomic E-state index is 0.0765. The van der Waals surface area contributed by atoms with Crippen LogP contribution >= 0.6 is 0 Å². The van der Waals surface area contributed by atoms with E-state index in [0.29, 0.717) is 26.2 Å². The first-order valence-corrected chi connectivity index (χ1v) is 6.77. The van der Waals surface area contributed by atoms with E-state index in [4.69, 9.17) is 5.73 Å². The first-order chi connectivity index (χ1) is 10.3. The zero-order chi connectivity index (χ0) is 16.3. The van der Waals surface area contributed by atoms with Crippen molar-refractivity contribution in [3.63, 3.8) is 0 Å². The summed E-state index contributed by atoms with van der Waals surface area (Å²) < 4.78 is 37.5. The van der Waals surface area contributed by atoms with Gasteiger partial charge in [0, 0.05) is 31.7 Å². The van der Waals surface area contributed by atoms with E-state index in [1.54, 1.807) is 4.90 Å². The van der Waals surface area contributed by atoms with Crippen LogP contribution in [0.4, 0.5) is 13.2 Å². The Hall–Kier alpha value is -2.09. The highest BCUT2D eigenvalue weighted by atomic mass is 19.4. The van der Waals surface area contributed by atoms with Crippen molar-refractivity contribution >= 4 is 11.8 Å². The highest BCUT2D eigenvalue weighted by Crippen LogP contribution is 2.29. The van der Waals surface area contributed by atoms with Crippen LogP contribution in [0.15, 0.2) is 24.3 Å². The molecule has 8 heteroatoms. The van der Waals surface area contributed by atoms with Gasteiger partial charge in [0.15, 0.2) is 0 Å². The molecule has 2 amide bonds. The van der Waals surface area contributed by atoms with Crippen LogP contribution in [0, 0.1) is 0 Å². The molecule has 0 aromatic heterocycles. The largest absolute Gasteiger partial charge is 0.416 e. The summed E-state index contributed by atoms with van der Waals surface area (Å²) in [6, 6.07) is 4.12. The van der Waals surface area contributed by atoms with Gasteiger partial charge in [-0.1, -0.05) is 0 Å². The van der Waals surface area contributed by atoms with Gasteiger partial charge < -0.3 is 15.5 Å². The highest BCUT2D eigenvalue weighted by molar-refractivity contribution is 5.94. The molecule has 1 aromatic rings. The van der Waals surface area contributed by atoms with Crippen molar-refractivity contribution in [2.75, 3.05) is 32.7 Å². The number of piperazine rings is 1. The van der Waals surface area contributed by atoms with Crippen LogP contribution in [0.5, 0.6) is 0 Å². The summed E-state index contributed by atoms with van der Waals surface area (Å²) in [7, 11) is 0. The third kappa shape index (κ3) is 3.56. The van der Waals surface area contributed by atoms with Gasteiger partial charge >= 0.3 is 6.18 Å². The third-order valence-corrected chi connectivity index (χ3v) is 3.55. The average Bonchev–Trinajstić information content (AvgIpc) is 2.53. The summed E-state index contributed by atoms with van der Waals surface area (Å²) in [6.45, 7) is 1.36. The van der Waals surface area contributed by atoms with E-state index < -0.39 is 11.7 Å². The molecule has 1 saturated heterocycles. The summed E-state index contributed by atoms with van der Waals surface area (Å²) in [6.07, 6.45) is -4.42. The van der Waals surface area contributed by atoms with Crippen LogP contribution < -0.4 is 5.73 Å². The van der Waals surface area contributed by atoms with Crippen LogP contribution in [0.25, 0.3) is 0 Å². The Balaban J connectivity index is 2.00. The molecule has 0 saturated carbocycles. The van der Waals surface area contributed by atoms with Crippen LogP contribution in [0.1, 0.15) is 15.9 Å². The topological polar surface area (TPSA) is 66.6 Å². The van der Waals surface area contributed by atoms with E-state index in [0.717, 1.165) is 12.1 Å². The summed E-state index contributed by atoms with van der Waals surface area (Å²) in [5.41, 5.74) is 4.69. The molecule has 1 aliphatic heterocycles. The predicted molar refractivity (Wildman–Crippen MR) is 73.0 cm³/mol. The highest BCUT2D eigenvalue weighted by Gasteiger charge is 2.31. The molecule has 1 fully saturated rings. The number of benzene rings is 1. The smallest absolute Gasteiger partial charge is 0.338 e. The summed E-state index contributed by atoms with van der Waals surface area (Å²) in [5, 5.41) is 0. The number of hydrogen-bond acceptors (Lipinski definition) is 3. The molecule has 0 aliphatic carbocycles. The van der Waals surface area contributed by atoms with Gasteiger partial charge in [0.1, 0.15) is 0 Å². The van der Waals surface area contributed by atoms with Crippen molar-refractivity contribution in [2.24, 2.45) is 5.73 Å². The molecule has 22 heavy (non-hydrogen) atoms. The second-order valence-electron chi connectivity index (χ2n) is 4.95. The molecule has 5 nitrogen and oxygen atoms in total. The predicted octanol–water partition coefficient (Wildman–Crippen LogP) is 0.949. The zero-order valence-electron chi connectivity index (χ0n) is 11.8. The molecule has 0 radical (unpaired) electrons. The van der Waals surface area contributed by atoms with Crippen molar-refractivity contribution in [3.8, 4) is 0 Å². The van der Waals surface area contributed by atoms with Crippen LogP contribution in [0.3, 0.4) is 0 Å². The Kier molecular flexibility index (Phi) is 4.70. The Morgan fingerprint density at radius 2 is 1.50 bits per heavy atom. The number of carbonyl (C=O) groups excluding carboxylic acids is 2. The fraction of sp³-hybridized carbons (Fsp3) is 0.429. The van der Waals surface area contributed by atoms with Crippen molar-refractivity contribution < 1.29 is 22.8 Å². The van der Waals surface area contributed by atoms with E-state index >= 15 is 0 Å². The Morgan fingerprint density at radius 3 is 1.95 bits per heavy atom. The third-order valence-electron chi connectivity index (χ3n) is 3.55. The van der Waals surface area contributed by atoms with Crippen molar-refractivity contribution in [1.82, 2.24) is 9.80 Å². The van der Waals surface area contributed by atoms with Crippen LogP contribution in [-0.4, -0.2) is 54.3 Å². The fourth-order valence-electron chi connectivity index (χ4n) is 2.27. The lowest BCUT2D eigenvalue weighted by molar-refractivity contribution is -0.137. The Labute approximate surface area is 125 Å². The summed E-state index contributed by atoms with van der Waals surface area (Å²) in [4.78, 5) is 26.7. The molecule has 0 bridgehead atoms. The van der Waals surface area contributed by atoms with E-state index in [1.807, 2.05) is 0 Å². The molecule has 120 valence electrons. The van der Waals surface area contributed by atoms with Crippen molar-refractivity contribution in [2.45, 2.75) is 6.18 Å². The number of hydrogen-bond donors (Lipinski definition) is 1. The molecule has 2 N–H and O–H groups in total. The van der Waals surface area contributed by atoms with E-state index in [1.165, 1.54) is 17.0 Å². The standard InChI is InChI=1S/C14H16F3N3O2/c15-14(16,17)11-3-1-10(2-4-11)13(22)20-7-5-19(6-8-20)12(21)9-18/h1-4H,5-9,18H2. The lowest BCUT2D eigenvalue weighted by Gasteiger charge is -2.34. The molecule has 0 spiro atoms. The maximum atomic E-state index is 12.5. The van der Waals surface area contributed by atoms with Crippen molar-refractivity contribution in [1.29, 1.82) is 0 Å². The Bertz CT molecular complexity index is 549. The average molecular weight is 315 g/mol. The summed E-state index contributed by atoms with van der Waals surface area (Å²) >= 11 is 0. The van der Waals surface area contributed by atoms with Crippen molar-refractivity contribution in [3.05, 3.63) is 35.4 Å². The second-order valence-corrected chi connectivity index (χ2v) is 4.95.